The highest BCUT2D eigenvalue weighted by Gasteiger charge is 2.29. The molecule has 2 rings (SSSR count). The van der Waals surface area contributed by atoms with Gasteiger partial charge in [0.15, 0.2) is 0 Å². The van der Waals surface area contributed by atoms with Gasteiger partial charge in [0.25, 0.3) is 0 Å². The van der Waals surface area contributed by atoms with Crippen LogP contribution in [-0.2, 0) is 4.79 Å². The number of piperidine rings is 2. The van der Waals surface area contributed by atoms with Crippen LogP contribution >= 0.6 is 12.4 Å². The molecule has 0 radical (unpaired) electrons. The first kappa shape index (κ1) is 17.7. The lowest BCUT2D eigenvalue weighted by Gasteiger charge is -2.39. The Hall–Kier alpha value is -0.320. The van der Waals surface area contributed by atoms with Crippen LogP contribution in [0.4, 0.5) is 0 Å². The molecule has 2 N–H and O–H groups in total. The maximum atomic E-state index is 12.4. The maximum absolute atomic E-state index is 12.4. The van der Waals surface area contributed by atoms with Gasteiger partial charge in [-0.1, -0.05) is 13.3 Å². The van der Waals surface area contributed by atoms with Gasteiger partial charge in [-0.25, -0.2) is 0 Å². The zero-order chi connectivity index (χ0) is 13.8. The molecule has 0 aromatic heterocycles. The molecule has 1 amide bonds. The Labute approximate surface area is 129 Å². The Morgan fingerprint density at radius 2 is 1.85 bits per heavy atom. The Morgan fingerprint density at radius 3 is 2.45 bits per heavy atom. The van der Waals surface area contributed by atoms with Crippen molar-refractivity contribution in [2.45, 2.75) is 58.0 Å². The van der Waals surface area contributed by atoms with Gasteiger partial charge in [0.05, 0.1) is 6.54 Å². The van der Waals surface area contributed by atoms with E-state index in [4.69, 9.17) is 5.73 Å². The molecule has 5 heteroatoms. The van der Waals surface area contributed by atoms with Crippen molar-refractivity contribution in [1.29, 1.82) is 0 Å². The van der Waals surface area contributed by atoms with E-state index in [9.17, 15) is 4.79 Å². The van der Waals surface area contributed by atoms with Crippen molar-refractivity contribution in [2.24, 2.45) is 11.7 Å². The lowest BCUT2D eigenvalue weighted by atomic mass is 9.96. The van der Waals surface area contributed by atoms with Crippen LogP contribution in [0.5, 0.6) is 0 Å². The van der Waals surface area contributed by atoms with Crippen LogP contribution < -0.4 is 5.73 Å². The van der Waals surface area contributed by atoms with Gasteiger partial charge in [-0.3, -0.25) is 9.69 Å². The number of hydrogen-bond donors (Lipinski definition) is 1. The van der Waals surface area contributed by atoms with Gasteiger partial charge in [0, 0.05) is 25.2 Å². The van der Waals surface area contributed by atoms with E-state index in [1.807, 2.05) is 4.90 Å². The largest absolute Gasteiger partial charge is 0.342 e. The molecule has 2 heterocycles. The minimum Gasteiger partial charge on any atom is -0.342 e. The van der Waals surface area contributed by atoms with Crippen molar-refractivity contribution in [3.8, 4) is 0 Å². The minimum absolute atomic E-state index is 0. The molecule has 2 aliphatic rings. The van der Waals surface area contributed by atoms with Crippen molar-refractivity contribution in [3.63, 3.8) is 0 Å². The monoisotopic (exact) mass is 303 g/mol. The summed E-state index contributed by atoms with van der Waals surface area (Å²) in [7, 11) is 0. The molecule has 2 unspecified atom stereocenters. The number of nitrogens with two attached hydrogens (primary N) is 1. The van der Waals surface area contributed by atoms with Crippen molar-refractivity contribution in [1.82, 2.24) is 9.80 Å². The van der Waals surface area contributed by atoms with Crippen molar-refractivity contribution < 1.29 is 4.79 Å². The molecule has 0 aliphatic carbocycles. The van der Waals surface area contributed by atoms with Crippen LogP contribution in [0.25, 0.3) is 0 Å². The highest BCUT2D eigenvalue weighted by molar-refractivity contribution is 5.85. The normalized spacial score (nSPS) is 26.9. The van der Waals surface area contributed by atoms with Crippen LogP contribution in [0.3, 0.4) is 0 Å². The molecular weight excluding hydrogens is 274 g/mol. The smallest absolute Gasteiger partial charge is 0.236 e. The van der Waals surface area contributed by atoms with Crippen molar-refractivity contribution in [2.75, 3.05) is 26.2 Å². The number of amides is 1. The summed E-state index contributed by atoms with van der Waals surface area (Å²) in [6.45, 7) is 7.82. The first-order chi connectivity index (χ1) is 9.08. The number of rotatable bonds is 3. The van der Waals surface area contributed by atoms with E-state index in [0.29, 0.717) is 18.5 Å². The van der Waals surface area contributed by atoms with E-state index in [1.54, 1.807) is 0 Å². The highest BCUT2D eigenvalue weighted by atomic mass is 35.5. The number of carbonyl (C=O) groups is 1. The van der Waals surface area contributed by atoms with E-state index in [1.165, 1.54) is 12.8 Å². The van der Waals surface area contributed by atoms with E-state index in [0.717, 1.165) is 44.8 Å². The summed E-state index contributed by atoms with van der Waals surface area (Å²) in [6.07, 6.45) is 5.90. The summed E-state index contributed by atoms with van der Waals surface area (Å²) in [5.74, 6) is 1.08. The van der Waals surface area contributed by atoms with Gasteiger partial charge in [0.2, 0.25) is 5.91 Å². The first-order valence-corrected chi connectivity index (χ1v) is 7.85. The topological polar surface area (TPSA) is 49.6 Å². The molecule has 0 aromatic carbocycles. The number of nitrogens with zero attached hydrogens (tertiary/aromatic N) is 2. The molecule has 118 valence electrons. The van der Waals surface area contributed by atoms with Gasteiger partial charge >= 0.3 is 0 Å². The molecule has 2 saturated heterocycles. The summed E-state index contributed by atoms with van der Waals surface area (Å²) < 4.78 is 0. The molecule has 2 aliphatic heterocycles. The summed E-state index contributed by atoms with van der Waals surface area (Å²) in [5.41, 5.74) is 6.06. The average Bonchev–Trinajstić information content (AvgIpc) is 2.39. The zero-order valence-electron chi connectivity index (χ0n) is 12.9. The minimum atomic E-state index is 0. The highest BCUT2D eigenvalue weighted by Crippen LogP contribution is 2.20. The molecule has 2 fully saturated rings. The number of hydrogen-bond acceptors (Lipinski definition) is 3. The molecule has 4 nitrogen and oxygen atoms in total. The second-order valence-corrected chi connectivity index (χ2v) is 6.46. The Balaban J connectivity index is 0.00000200. The zero-order valence-corrected chi connectivity index (χ0v) is 13.7. The van der Waals surface area contributed by atoms with Gasteiger partial charge in [-0.15, -0.1) is 12.4 Å². The SMILES string of the molecule is CC1CCN(C(=O)CN2CCCCC2C(C)N)CC1.Cl. The third-order valence-corrected chi connectivity index (χ3v) is 4.75. The summed E-state index contributed by atoms with van der Waals surface area (Å²) in [5, 5.41) is 0. The second kappa shape index (κ2) is 8.20. The fourth-order valence-corrected chi connectivity index (χ4v) is 3.34. The third-order valence-electron chi connectivity index (χ3n) is 4.75. The number of likely N-dealkylation sites (tertiary alicyclic amines) is 2. The summed E-state index contributed by atoms with van der Waals surface area (Å²) in [6, 6.07) is 0.552. The predicted octanol–water partition coefficient (Wildman–Crippen LogP) is 1.87. The van der Waals surface area contributed by atoms with E-state index >= 15 is 0 Å². The Bertz CT molecular complexity index is 303. The van der Waals surface area contributed by atoms with Crippen LogP contribution in [0, 0.1) is 5.92 Å². The van der Waals surface area contributed by atoms with Gasteiger partial charge in [0.1, 0.15) is 0 Å². The summed E-state index contributed by atoms with van der Waals surface area (Å²) >= 11 is 0. The predicted molar refractivity (Wildman–Crippen MR) is 85.1 cm³/mol. The number of halogens is 1. The van der Waals surface area contributed by atoms with Crippen LogP contribution in [0.15, 0.2) is 0 Å². The molecule has 2 atom stereocenters. The Morgan fingerprint density at radius 1 is 1.20 bits per heavy atom. The third kappa shape index (κ3) is 4.61. The number of carbonyl (C=O) groups excluding carboxylic acids is 1. The van der Waals surface area contributed by atoms with Crippen LogP contribution in [0.2, 0.25) is 0 Å². The van der Waals surface area contributed by atoms with Gasteiger partial charge < -0.3 is 10.6 Å². The van der Waals surface area contributed by atoms with Crippen LogP contribution in [0.1, 0.15) is 46.0 Å². The fourth-order valence-electron chi connectivity index (χ4n) is 3.34. The molecule has 0 aromatic rings. The summed E-state index contributed by atoms with van der Waals surface area (Å²) in [4.78, 5) is 16.7. The quantitative estimate of drug-likeness (QED) is 0.866. The molecule has 0 spiro atoms. The molecule has 20 heavy (non-hydrogen) atoms. The van der Waals surface area contributed by atoms with E-state index in [-0.39, 0.29) is 18.4 Å². The lowest BCUT2D eigenvalue weighted by molar-refractivity contribution is -0.134. The fraction of sp³-hybridized carbons (Fsp3) is 0.933. The van der Waals surface area contributed by atoms with Gasteiger partial charge in [-0.05, 0) is 45.1 Å². The standard InChI is InChI=1S/C15H29N3O.ClH/c1-12-6-9-17(10-7-12)15(19)11-18-8-4-3-5-14(18)13(2)16;/h12-14H,3-11,16H2,1-2H3;1H. The first-order valence-electron chi connectivity index (χ1n) is 7.85. The lowest BCUT2D eigenvalue weighted by Crippen LogP contribution is -2.53. The maximum Gasteiger partial charge on any atom is 0.236 e. The second-order valence-electron chi connectivity index (χ2n) is 6.46. The average molecular weight is 304 g/mol. The molecular formula is C15H30ClN3O. The Kier molecular flexibility index (Phi) is 7.27. The van der Waals surface area contributed by atoms with Gasteiger partial charge in [-0.2, -0.15) is 0 Å². The van der Waals surface area contributed by atoms with Crippen molar-refractivity contribution in [3.05, 3.63) is 0 Å². The van der Waals surface area contributed by atoms with Crippen LogP contribution in [-0.4, -0.2) is 54.0 Å². The van der Waals surface area contributed by atoms with E-state index < -0.39 is 0 Å². The van der Waals surface area contributed by atoms with Crippen molar-refractivity contribution >= 4 is 18.3 Å². The van der Waals surface area contributed by atoms with E-state index in [2.05, 4.69) is 18.7 Å². The molecule has 0 saturated carbocycles. The molecule has 0 bridgehead atoms.